The molecule has 0 bridgehead atoms. The molecule has 164 valence electrons. The van der Waals surface area contributed by atoms with Crippen molar-refractivity contribution in [1.29, 1.82) is 0 Å². The van der Waals surface area contributed by atoms with Crippen molar-refractivity contribution in [3.63, 3.8) is 0 Å². The smallest absolute Gasteiger partial charge is 0.190 e. The van der Waals surface area contributed by atoms with Crippen LogP contribution in [0.1, 0.15) is 27.6 Å². The molecule has 1 aliphatic rings. The van der Waals surface area contributed by atoms with Crippen LogP contribution in [0.3, 0.4) is 0 Å². The highest BCUT2D eigenvalue weighted by Crippen LogP contribution is 2.18. The summed E-state index contributed by atoms with van der Waals surface area (Å²) in [5.74, 6) is 0.879. The van der Waals surface area contributed by atoms with Crippen molar-refractivity contribution in [2.75, 3.05) is 57.8 Å². The lowest BCUT2D eigenvalue weighted by Crippen LogP contribution is -2.47. The van der Waals surface area contributed by atoms with Crippen LogP contribution in [0.15, 0.2) is 29.3 Å². The molecule has 3 rings (SSSR count). The van der Waals surface area contributed by atoms with E-state index < -0.39 is 0 Å². The lowest BCUT2D eigenvalue weighted by Gasteiger charge is -2.36. The van der Waals surface area contributed by atoms with Crippen LogP contribution in [0.4, 0.5) is 5.69 Å². The third kappa shape index (κ3) is 6.71. The molecule has 0 atom stereocenters. The third-order valence-corrected chi connectivity index (χ3v) is 6.74. The van der Waals surface area contributed by atoms with Gasteiger partial charge in [-0.2, -0.15) is 0 Å². The second kappa shape index (κ2) is 11.3. The molecule has 0 aliphatic carbocycles. The van der Waals surface area contributed by atoms with E-state index >= 15 is 0 Å². The van der Waals surface area contributed by atoms with Crippen LogP contribution in [-0.2, 0) is 6.42 Å². The summed E-state index contributed by atoms with van der Waals surface area (Å²) in [6, 6.07) is 8.83. The quantitative estimate of drug-likeness (QED) is 0.385. The van der Waals surface area contributed by atoms with Gasteiger partial charge < -0.3 is 15.5 Å². The maximum Gasteiger partial charge on any atom is 0.190 e. The Hall–Kier alpha value is -2.12. The molecule has 7 heteroatoms. The fourth-order valence-corrected chi connectivity index (χ4v) is 4.65. The largest absolute Gasteiger partial charge is 0.369 e. The van der Waals surface area contributed by atoms with Crippen LogP contribution in [-0.4, -0.2) is 68.7 Å². The Balaban J connectivity index is 1.28. The van der Waals surface area contributed by atoms with Crippen molar-refractivity contribution in [2.24, 2.45) is 4.99 Å². The van der Waals surface area contributed by atoms with Crippen LogP contribution < -0.4 is 15.5 Å². The lowest BCUT2D eigenvalue weighted by molar-refractivity contribution is 0.255. The van der Waals surface area contributed by atoms with E-state index in [0.29, 0.717) is 0 Å². The predicted molar refractivity (Wildman–Crippen MR) is 129 cm³/mol. The second-order valence-corrected chi connectivity index (χ2v) is 9.23. The summed E-state index contributed by atoms with van der Waals surface area (Å²) in [7, 11) is 1.83. The highest BCUT2D eigenvalue weighted by Gasteiger charge is 2.16. The van der Waals surface area contributed by atoms with E-state index in [4.69, 9.17) is 0 Å². The first-order valence-corrected chi connectivity index (χ1v) is 11.8. The van der Waals surface area contributed by atoms with E-state index in [1.807, 2.05) is 7.05 Å². The van der Waals surface area contributed by atoms with Crippen molar-refractivity contribution in [2.45, 2.75) is 33.6 Å². The molecule has 0 saturated carbocycles. The van der Waals surface area contributed by atoms with E-state index in [0.717, 1.165) is 70.3 Å². The molecule has 2 aromatic rings. The standard InChI is InChI=1S/C23H36N6S/c1-18-7-5-8-21(17-18)29-15-13-28(14-16-29)12-6-10-25-23(24-4)26-11-9-22-27-19(2)20(3)30-22/h5,7-8,17H,6,9-16H2,1-4H3,(H2,24,25,26). The molecule has 1 fully saturated rings. The van der Waals surface area contributed by atoms with Crippen molar-refractivity contribution in [3.05, 3.63) is 45.4 Å². The summed E-state index contributed by atoms with van der Waals surface area (Å²) in [5, 5.41) is 8.03. The van der Waals surface area contributed by atoms with Gasteiger partial charge in [0.05, 0.1) is 10.7 Å². The van der Waals surface area contributed by atoms with Gasteiger partial charge in [-0.3, -0.25) is 9.89 Å². The van der Waals surface area contributed by atoms with E-state index in [2.05, 4.69) is 75.4 Å². The van der Waals surface area contributed by atoms with Gasteiger partial charge in [-0.1, -0.05) is 12.1 Å². The van der Waals surface area contributed by atoms with Gasteiger partial charge in [0.1, 0.15) is 0 Å². The minimum absolute atomic E-state index is 0.854. The number of anilines is 1. The van der Waals surface area contributed by atoms with Gasteiger partial charge in [0, 0.05) is 63.3 Å². The highest BCUT2D eigenvalue weighted by atomic mass is 32.1. The molecular weight excluding hydrogens is 392 g/mol. The number of aromatic nitrogens is 1. The maximum absolute atomic E-state index is 4.60. The summed E-state index contributed by atoms with van der Waals surface area (Å²) in [6.07, 6.45) is 2.06. The topological polar surface area (TPSA) is 55.8 Å². The highest BCUT2D eigenvalue weighted by molar-refractivity contribution is 7.11. The van der Waals surface area contributed by atoms with E-state index in [1.165, 1.54) is 21.1 Å². The van der Waals surface area contributed by atoms with Crippen molar-refractivity contribution in [1.82, 2.24) is 20.5 Å². The van der Waals surface area contributed by atoms with Crippen LogP contribution in [0.5, 0.6) is 0 Å². The van der Waals surface area contributed by atoms with E-state index in [9.17, 15) is 0 Å². The number of benzene rings is 1. The van der Waals surface area contributed by atoms with Crippen molar-refractivity contribution < 1.29 is 0 Å². The fraction of sp³-hybridized carbons (Fsp3) is 0.565. The molecule has 0 radical (unpaired) electrons. The molecule has 1 aliphatic heterocycles. The van der Waals surface area contributed by atoms with Gasteiger partial charge in [0.2, 0.25) is 0 Å². The zero-order valence-electron chi connectivity index (χ0n) is 18.9. The molecule has 0 spiro atoms. The number of guanidine groups is 1. The molecule has 2 heterocycles. The minimum atomic E-state index is 0.854. The average Bonchev–Trinajstić information content (AvgIpc) is 3.07. The zero-order valence-corrected chi connectivity index (χ0v) is 19.7. The number of rotatable bonds is 8. The van der Waals surface area contributed by atoms with E-state index in [1.54, 1.807) is 11.3 Å². The zero-order chi connectivity index (χ0) is 21.3. The summed E-state index contributed by atoms with van der Waals surface area (Å²) in [6.45, 7) is 13.8. The summed E-state index contributed by atoms with van der Waals surface area (Å²) < 4.78 is 0. The predicted octanol–water partition coefficient (Wildman–Crippen LogP) is 2.99. The summed E-state index contributed by atoms with van der Waals surface area (Å²) in [4.78, 5) is 15.3. The summed E-state index contributed by atoms with van der Waals surface area (Å²) in [5.41, 5.74) is 3.84. The number of hydrogen-bond donors (Lipinski definition) is 2. The normalized spacial score (nSPS) is 15.5. The van der Waals surface area contributed by atoms with Gasteiger partial charge in [0.15, 0.2) is 5.96 Å². The Morgan fingerprint density at radius 3 is 2.53 bits per heavy atom. The van der Waals surface area contributed by atoms with Crippen molar-refractivity contribution >= 4 is 23.0 Å². The first kappa shape index (κ1) is 22.6. The van der Waals surface area contributed by atoms with Gasteiger partial charge in [-0.05, 0) is 51.4 Å². The molecule has 0 amide bonds. The van der Waals surface area contributed by atoms with Crippen LogP contribution in [0, 0.1) is 20.8 Å². The summed E-state index contributed by atoms with van der Waals surface area (Å²) >= 11 is 1.79. The third-order valence-electron chi connectivity index (χ3n) is 5.61. The van der Waals surface area contributed by atoms with E-state index in [-0.39, 0.29) is 0 Å². The maximum atomic E-state index is 4.60. The number of nitrogens with zero attached hydrogens (tertiary/aromatic N) is 4. The number of hydrogen-bond acceptors (Lipinski definition) is 5. The average molecular weight is 429 g/mol. The Labute approximate surface area is 185 Å². The molecule has 30 heavy (non-hydrogen) atoms. The minimum Gasteiger partial charge on any atom is -0.369 e. The Bertz CT molecular complexity index is 803. The number of aliphatic imine (C=N–C) groups is 1. The number of thiazole rings is 1. The molecule has 1 aromatic carbocycles. The van der Waals surface area contributed by atoms with Crippen LogP contribution >= 0.6 is 11.3 Å². The van der Waals surface area contributed by atoms with Gasteiger partial charge in [-0.25, -0.2) is 4.98 Å². The molecular formula is C23H36N6S. The Morgan fingerprint density at radius 2 is 1.87 bits per heavy atom. The Morgan fingerprint density at radius 1 is 1.10 bits per heavy atom. The lowest BCUT2D eigenvalue weighted by atomic mass is 10.2. The molecule has 1 aromatic heterocycles. The van der Waals surface area contributed by atoms with Gasteiger partial charge in [-0.15, -0.1) is 11.3 Å². The molecule has 6 nitrogen and oxygen atoms in total. The SMILES string of the molecule is CN=C(NCCCN1CCN(c2cccc(C)c2)CC1)NCCc1nc(C)c(C)s1. The first-order chi connectivity index (χ1) is 14.5. The molecule has 1 saturated heterocycles. The molecule has 0 unspecified atom stereocenters. The monoisotopic (exact) mass is 428 g/mol. The van der Waals surface area contributed by atoms with Crippen LogP contribution in [0.2, 0.25) is 0 Å². The van der Waals surface area contributed by atoms with Gasteiger partial charge in [0.25, 0.3) is 0 Å². The van der Waals surface area contributed by atoms with Crippen LogP contribution in [0.25, 0.3) is 0 Å². The fourth-order valence-electron chi connectivity index (χ4n) is 3.72. The number of nitrogens with one attached hydrogen (secondary N) is 2. The number of piperazine rings is 1. The first-order valence-electron chi connectivity index (χ1n) is 11.0. The van der Waals surface area contributed by atoms with Crippen molar-refractivity contribution in [3.8, 4) is 0 Å². The molecule has 2 N–H and O–H groups in total. The second-order valence-electron chi connectivity index (χ2n) is 7.95. The van der Waals surface area contributed by atoms with Gasteiger partial charge >= 0.3 is 0 Å². The number of aryl methyl sites for hydroxylation is 3. The Kier molecular flexibility index (Phi) is 8.51.